The van der Waals surface area contributed by atoms with E-state index in [1.54, 1.807) is 37.3 Å². The number of halogens is 1. The van der Waals surface area contributed by atoms with Gasteiger partial charge in [0.2, 0.25) is 12.2 Å². The van der Waals surface area contributed by atoms with Crippen LogP contribution in [0.25, 0.3) is 22.0 Å². The molecule has 0 bridgehead atoms. The molecule has 4 aromatic rings. The SMILES string of the molecule is Cc1cc(-c2cnc(C(=O)N3CCN(S(=O)(=O)c4cc5cc(Cl)ccc5n4C=O)CC3)nc2)cc[n+]1[O-]. The second-order valence-electron chi connectivity index (χ2n) is 8.54. The molecule has 1 saturated heterocycles. The van der Waals surface area contributed by atoms with Crippen molar-refractivity contribution in [3.63, 3.8) is 0 Å². The number of hydrogen-bond acceptors (Lipinski definition) is 7. The lowest BCUT2D eigenvalue weighted by molar-refractivity contribution is -0.612. The topological polar surface area (TPSA) is 132 Å². The Kier molecular flexibility index (Phi) is 6.40. The summed E-state index contributed by atoms with van der Waals surface area (Å²) in [6.07, 6.45) is 4.87. The minimum absolute atomic E-state index is 0.00967. The fraction of sp³-hybridized carbons (Fsp3) is 0.208. The number of hydrogen-bond donors (Lipinski definition) is 0. The van der Waals surface area contributed by atoms with Gasteiger partial charge in [-0.15, -0.1) is 0 Å². The number of carbonyl (C=O) groups is 2. The van der Waals surface area contributed by atoms with E-state index in [1.807, 2.05) is 0 Å². The van der Waals surface area contributed by atoms with Crippen molar-refractivity contribution in [2.24, 2.45) is 0 Å². The summed E-state index contributed by atoms with van der Waals surface area (Å²) in [5, 5.41) is 12.3. The van der Waals surface area contributed by atoms with Gasteiger partial charge in [-0.1, -0.05) is 11.6 Å². The second kappa shape index (κ2) is 9.54. The molecule has 0 radical (unpaired) electrons. The molecular weight excluding hydrogens is 520 g/mol. The van der Waals surface area contributed by atoms with Crippen LogP contribution in [0, 0.1) is 12.1 Å². The van der Waals surface area contributed by atoms with Crippen LogP contribution in [-0.4, -0.2) is 70.7 Å². The van der Waals surface area contributed by atoms with Crippen LogP contribution in [0.2, 0.25) is 5.02 Å². The average molecular weight is 541 g/mol. The average Bonchev–Trinajstić information content (AvgIpc) is 3.28. The number of carbonyl (C=O) groups excluding carboxylic acids is 2. The molecular formula is C24H21ClN6O5S. The Bertz CT molecular complexity index is 1630. The molecule has 1 aliphatic rings. The Morgan fingerprint density at radius 2 is 1.76 bits per heavy atom. The Balaban J connectivity index is 1.30. The third-order valence-electron chi connectivity index (χ3n) is 6.28. The Morgan fingerprint density at radius 3 is 2.41 bits per heavy atom. The number of fused-ring (bicyclic) bond motifs is 1. The molecule has 13 heteroatoms. The van der Waals surface area contributed by atoms with E-state index in [4.69, 9.17) is 11.6 Å². The van der Waals surface area contributed by atoms with Gasteiger partial charge in [0.15, 0.2) is 16.9 Å². The zero-order valence-corrected chi connectivity index (χ0v) is 21.2. The first-order chi connectivity index (χ1) is 17.7. The number of amides is 1. The summed E-state index contributed by atoms with van der Waals surface area (Å²) in [6, 6.07) is 9.52. The molecule has 1 amide bonds. The lowest BCUT2D eigenvalue weighted by Crippen LogP contribution is -2.51. The predicted molar refractivity (Wildman–Crippen MR) is 135 cm³/mol. The standard InChI is InChI=1S/C24H21ClN6O5S/c1-16-10-17(4-5-31(16)34)19-13-26-23(27-14-19)24(33)28-6-8-29(9-7-28)37(35,36)22-12-18-11-20(25)2-3-21(18)30(22)15-32/h2-5,10-15H,6-9H2,1H3. The van der Waals surface area contributed by atoms with E-state index in [1.165, 1.54) is 33.9 Å². The van der Waals surface area contributed by atoms with Gasteiger partial charge in [-0.25, -0.2) is 18.4 Å². The van der Waals surface area contributed by atoms with Crippen LogP contribution in [0.3, 0.4) is 0 Å². The predicted octanol–water partition coefficient (Wildman–Crippen LogP) is 1.88. The lowest BCUT2D eigenvalue weighted by atomic mass is 10.1. The minimum atomic E-state index is -4.01. The maximum absolute atomic E-state index is 13.3. The van der Waals surface area contributed by atoms with Gasteiger partial charge in [-0.05, 0) is 29.8 Å². The van der Waals surface area contributed by atoms with Gasteiger partial charge in [-0.2, -0.15) is 9.04 Å². The molecule has 0 saturated carbocycles. The van der Waals surface area contributed by atoms with E-state index < -0.39 is 15.9 Å². The minimum Gasteiger partial charge on any atom is -0.619 e. The number of pyridine rings is 1. The molecule has 1 fully saturated rings. The molecule has 5 rings (SSSR count). The quantitative estimate of drug-likeness (QED) is 0.214. The van der Waals surface area contributed by atoms with Gasteiger partial charge in [0.1, 0.15) is 0 Å². The molecule has 0 aliphatic carbocycles. The van der Waals surface area contributed by atoms with Crippen LogP contribution in [-0.2, 0) is 14.8 Å². The number of aromatic nitrogens is 4. The molecule has 0 unspecified atom stereocenters. The molecule has 4 heterocycles. The van der Waals surface area contributed by atoms with E-state index in [2.05, 4.69) is 9.97 Å². The molecule has 11 nitrogen and oxygen atoms in total. The summed E-state index contributed by atoms with van der Waals surface area (Å²) in [5.41, 5.74) is 2.36. The lowest BCUT2D eigenvalue weighted by Gasteiger charge is -2.33. The largest absolute Gasteiger partial charge is 0.619 e. The Labute approximate surface area is 217 Å². The van der Waals surface area contributed by atoms with Crippen molar-refractivity contribution in [1.29, 1.82) is 0 Å². The van der Waals surface area contributed by atoms with E-state index in [9.17, 15) is 23.2 Å². The van der Waals surface area contributed by atoms with Crippen LogP contribution < -0.4 is 4.73 Å². The highest BCUT2D eigenvalue weighted by atomic mass is 35.5. The highest BCUT2D eigenvalue weighted by Crippen LogP contribution is 2.28. The zero-order chi connectivity index (χ0) is 26.3. The number of benzene rings is 1. The molecule has 3 aromatic heterocycles. The summed E-state index contributed by atoms with van der Waals surface area (Å²) in [7, 11) is -4.01. The van der Waals surface area contributed by atoms with Crippen LogP contribution in [0.1, 0.15) is 16.3 Å². The van der Waals surface area contributed by atoms with Gasteiger partial charge in [0.25, 0.3) is 15.9 Å². The summed E-state index contributed by atoms with van der Waals surface area (Å²) < 4.78 is 29.8. The fourth-order valence-corrected chi connectivity index (χ4v) is 6.02. The monoisotopic (exact) mass is 540 g/mol. The molecule has 1 aromatic carbocycles. The Hall–Kier alpha value is -3.87. The van der Waals surface area contributed by atoms with Gasteiger partial charge < -0.3 is 10.1 Å². The summed E-state index contributed by atoms with van der Waals surface area (Å²) in [4.78, 5) is 34.5. The second-order valence-corrected chi connectivity index (χ2v) is 10.9. The van der Waals surface area contributed by atoms with E-state index in [0.29, 0.717) is 33.6 Å². The number of aryl methyl sites for hydroxylation is 1. The van der Waals surface area contributed by atoms with Crippen molar-refractivity contribution >= 4 is 44.8 Å². The van der Waals surface area contributed by atoms with E-state index in [-0.39, 0.29) is 37.0 Å². The third kappa shape index (κ3) is 4.54. The van der Waals surface area contributed by atoms with Crippen LogP contribution in [0.4, 0.5) is 0 Å². The van der Waals surface area contributed by atoms with Gasteiger partial charge in [0.05, 0.1) is 5.52 Å². The van der Waals surface area contributed by atoms with E-state index in [0.717, 1.165) is 14.9 Å². The highest BCUT2D eigenvalue weighted by molar-refractivity contribution is 7.89. The smallest absolute Gasteiger partial charge is 0.291 e. The summed E-state index contributed by atoms with van der Waals surface area (Å²) in [5.74, 6) is -0.425. The first kappa shape index (κ1) is 24.8. The summed E-state index contributed by atoms with van der Waals surface area (Å²) in [6.45, 7) is 2.05. The van der Waals surface area contributed by atoms with Crippen LogP contribution in [0.5, 0.6) is 0 Å². The van der Waals surface area contributed by atoms with Crippen molar-refractivity contribution in [1.82, 2.24) is 23.7 Å². The third-order valence-corrected chi connectivity index (χ3v) is 8.40. The molecule has 190 valence electrons. The van der Waals surface area contributed by atoms with Crippen molar-refractivity contribution in [2.45, 2.75) is 11.9 Å². The zero-order valence-electron chi connectivity index (χ0n) is 19.6. The van der Waals surface area contributed by atoms with Crippen molar-refractivity contribution in [3.05, 3.63) is 76.7 Å². The van der Waals surface area contributed by atoms with Crippen LogP contribution >= 0.6 is 11.6 Å². The van der Waals surface area contributed by atoms with Gasteiger partial charge in [-0.3, -0.25) is 14.2 Å². The molecule has 1 aliphatic heterocycles. The maximum atomic E-state index is 13.3. The summed E-state index contributed by atoms with van der Waals surface area (Å²) >= 11 is 6.02. The van der Waals surface area contributed by atoms with Crippen molar-refractivity contribution in [2.75, 3.05) is 26.2 Å². The normalized spacial score (nSPS) is 14.7. The van der Waals surface area contributed by atoms with Gasteiger partial charge >= 0.3 is 0 Å². The number of rotatable bonds is 5. The first-order valence-corrected chi connectivity index (χ1v) is 13.1. The molecule has 37 heavy (non-hydrogen) atoms. The Morgan fingerprint density at radius 1 is 1.05 bits per heavy atom. The van der Waals surface area contributed by atoms with E-state index >= 15 is 0 Å². The molecule has 0 N–H and O–H groups in total. The van der Waals surface area contributed by atoms with Crippen molar-refractivity contribution in [3.8, 4) is 11.1 Å². The first-order valence-electron chi connectivity index (χ1n) is 11.3. The fourth-order valence-electron chi connectivity index (χ4n) is 4.26. The maximum Gasteiger partial charge on any atom is 0.291 e. The number of nitrogens with zero attached hydrogens (tertiary/aromatic N) is 6. The number of piperazine rings is 1. The van der Waals surface area contributed by atoms with Gasteiger partial charge in [0, 0.05) is 73.6 Å². The molecule has 0 spiro atoms. The molecule has 0 atom stereocenters. The number of sulfonamides is 1. The highest BCUT2D eigenvalue weighted by Gasteiger charge is 2.33. The van der Waals surface area contributed by atoms with Crippen molar-refractivity contribution < 1.29 is 22.7 Å². The van der Waals surface area contributed by atoms with Crippen LogP contribution in [0.15, 0.2) is 60.0 Å².